The lowest BCUT2D eigenvalue weighted by atomic mass is 9.96. The first-order valence-corrected chi connectivity index (χ1v) is 10.0. The van der Waals surface area contributed by atoms with Crippen molar-refractivity contribution in [1.82, 2.24) is 15.5 Å². The fraction of sp³-hybridized carbons (Fsp3) is 0.667. The molecular weight excluding hydrogens is 308 g/mol. The lowest BCUT2D eigenvalue weighted by Crippen LogP contribution is -2.42. The first-order chi connectivity index (χ1) is 12.2. The summed E-state index contributed by atoms with van der Waals surface area (Å²) >= 11 is 0. The number of piperidine rings is 1. The van der Waals surface area contributed by atoms with Gasteiger partial charge >= 0.3 is 0 Å². The van der Waals surface area contributed by atoms with Crippen LogP contribution in [0.25, 0.3) is 0 Å². The van der Waals surface area contributed by atoms with E-state index in [2.05, 4.69) is 53.6 Å². The van der Waals surface area contributed by atoms with E-state index in [1.54, 1.807) is 0 Å². The molecule has 1 aromatic carbocycles. The lowest BCUT2D eigenvalue weighted by molar-refractivity contribution is 0.178. The summed E-state index contributed by atoms with van der Waals surface area (Å²) in [6.45, 7) is 10.8. The normalized spacial score (nSPS) is 19.8. The highest BCUT2D eigenvalue weighted by atomic mass is 15.2. The number of aryl methyl sites for hydroxylation is 1. The van der Waals surface area contributed by atoms with Gasteiger partial charge in [0.2, 0.25) is 0 Å². The van der Waals surface area contributed by atoms with Crippen LogP contribution in [-0.2, 0) is 6.54 Å². The molecule has 0 atom stereocenters. The van der Waals surface area contributed by atoms with E-state index in [0.717, 1.165) is 44.0 Å². The second-order valence-electron chi connectivity index (χ2n) is 7.75. The van der Waals surface area contributed by atoms with Crippen molar-refractivity contribution in [2.75, 3.05) is 32.7 Å². The topological polar surface area (TPSA) is 39.7 Å². The van der Waals surface area contributed by atoms with Crippen molar-refractivity contribution in [2.45, 2.75) is 46.1 Å². The molecule has 4 heteroatoms. The Morgan fingerprint density at radius 3 is 2.40 bits per heavy atom. The van der Waals surface area contributed by atoms with Crippen molar-refractivity contribution in [3.8, 4) is 0 Å². The number of hydrogen-bond acceptors (Lipinski definition) is 2. The monoisotopic (exact) mass is 342 g/mol. The molecule has 0 amide bonds. The number of likely N-dealkylation sites (tertiary alicyclic amines) is 1. The molecule has 3 rings (SSSR count). The molecule has 0 aromatic heterocycles. The molecule has 138 valence electrons. The molecule has 4 nitrogen and oxygen atoms in total. The molecule has 1 aliphatic heterocycles. The number of nitrogens with one attached hydrogen (secondary N) is 2. The predicted octanol–water partition coefficient (Wildman–Crippen LogP) is 3.17. The smallest absolute Gasteiger partial charge is 0.191 e. The summed E-state index contributed by atoms with van der Waals surface area (Å²) in [6, 6.07) is 8.97. The zero-order valence-electron chi connectivity index (χ0n) is 15.9. The summed E-state index contributed by atoms with van der Waals surface area (Å²) < 4.78 is 0. The molecule has 1 saturated carbocycles. The van der Waals surface area contributed by atoms with Gasteiger partial charge < -0.3 is 10.6 Å². The lowest BCUT2D eigenvalue weighted by Gasteiger charge is -2.32. The third-order valence-electron chi connectivity index (χ3n) is 5.34. The van der Waals surface area contributed by atoms with Gasteiger partial charge in [-0.1, -0.05) is 29.8 Å². The van der Waals surface area contributed by atoms with Gasteiger partial charge in [-0.15, -0.1) is 0 Å². The van der Waals surface area contributed by atoms with Crippen LogP contribution in [-0.4, -0.2) is 43.6 Å². The molecule has 2 aliphatic rings. The van der Waals surface area contributed by atoms with Crippen molar-refractivity contribution in [1.29, 1.82) is 0 Å². The van der Waals surface area contributed by atoms with Gasteiger partial charge in [0.25, 0.3) is 0 Å². The molecule has 25 heavy (non-hydrogen) atoms. The number of rotatable bonds is 7. The quantitative estimate of drug-likeness (QED) is 0.591. The molecule has 0 spiro atoms. The van der Waals surface area contributed by atoms with Gasteiger partial charge in [0.15, 0.2) is 5.96 Å². The van der Waals surface area contributed by atoms with E-state index in [-0.39, 0.29) is 0 Å². The molecule has 0 unspecified atom stereocenters. The van der Waals surface area contributed by atoms with Crippen LogP contribution in [0.3, 0.4) is 0 Å². The first kappa shape index (κ1) is 18.2. The van der Waals surface area contributed by atoms with Crippen molar-refractivity contribution in [3.63, 3.8) is 0 Å². The molecule has 0 bridgehead atoms. The average molecular weight is 343 g/mol. The molecule has 1 aliphatic carbocycles. The molecule has 2 fully saturated rings. The van der Waals surface area contributed by atoms with E-state index >= 15 is 0 Å². The Morgan fingerprint density at radius 1 is 1.04 bits per heavy atom. The number of guanidine groups is 1. The summed E-state index contributed by atoms with van der Waals surface area (Å²) in [5, 5.41) is 6.94. The van der Waals surface area contributed by atoms with Crippen LogP contribution in [0.2, 0.25) is 0 Å². The molecular formula is C21H34N4. The Hall–Kier alpha value is -1.55. The highest BCUT2D eigenvalue weighted by Gasteiger charge is 2.21. The van der Waals surface area contributed by atoms with Crippen LogP contribution in [0.15, 0.2) is 29.3 Å². The molecule has 0 radical (unpaired) electrons. The predicted molar refractivity (Wildman–Crippen MR) is 106 cm³/mol. The first-order valence-electron chi connectivity index (χ1n) is 10.0. The zero-order chi connectivity index (χ0) is 17.5. The minimum absolute atomic E-state index is 0.763. The van der Waals surface area contributed by atoms with Crippen molar-refractivity contribution < 1.29 is 0 Å². The van der Waals surface area contributed by atoms with E-state index in [4.69, 9.17) is 4.99 Å². The van der Waals surface area contributed by atoms with Gasteiger partial charge in [-0.2, -0.15) is 0 Å². The van der Waals surface area contributed by atoms with Gasteiger partial charge in [0, 0.05) is 26.2 Å². The number of hydrogen-bond donors (Lipinski definition) is 2. The molecule has 1 heterocycles. The summed E-state index contributed by atoms with van der Waals surface area (Å²) in [7, 11) is 0. The Labute approximate surface area is 153 Å². The van der Waals surface area contributed by atoms with Crippen molar-refractivity contribution >= 4 is 5.96 Å². The summed E-state index contributed by atoms with van der Waals surface area (Å²) in [5.41, 5.74) is 2.78. The maximum Gasteiger partial charge on any atom is 0.191 e. The summed E-state index contributed by atoms with van der Waals surface area (Å²) in [5.74, 6) is 2.62. The van der Waals surface area contributed by atoms with Crippen LogP contribution in [0, 0.1) is 18.8 Å². The second-order valence-corrected chi connectivity index (χ2v) is 7.75. The largest absolute Gasteiger partial charge is 0.357 e. The van der Waals surface area contributed by atoms with Gasteiger partial charge in [-0.3, -0.25) is 9.89 Å². The Bertz CT molecular complexity index is 540. The van der Waals surface area contributed by atoms with E-state index in [9.17, 15) is 0 Å². The fourth-order valence-corrected chi connectivity index (χ4v) is 3.40. The Morgan fingerprint density at radius 2 is 1.76 bits per heavy atom. The van der Waals surface area contributed by atoms with E-state index < -0.39 is 0 Å². The SMILES string of the molecule is CCNC(=NCC1CC1)NCC1CCN(Cc2ccc(C)cc2)CC1. The molecule has 2 N–H and O–H groups in total. The minimum Gasteiger partial charge on any atom is -0.357 e. The number of aliphatic imine (C=N–C) groups is 1. The van der Waals surface area contributed by atoms with Gasteiger partial charge in [0.1, 0.15) is 0 Å². The van der Waals surface area contributed by atoms with E-state index in [0.29, 0.717) is 0 Å². The Kier molecular flexibility index (Phi) is 6.74. The van der Waals surface area contributed by atoms with E-state index in [1.807, 2.05) is 0 Å². The number of nitrogens with zero attached hydrogens (tertiary/aromatic N) is 2. The van der Waals surface area contributed by atoms with Crippen LogP contribution >= 0.6 is 0 Å². The van der Waals surface area contributed by atoms with Crippen LogP contribution in [0.4, 0.5) is 0 Å². The minimum atomic E-state index is 0.763. The zero-order valence-corrected chi connectivity index (χ0v) is 15.9. The van der Waals surface area contributed by atoms with E-state index in [1.165, 1.54) is 49.9 Å². The van der Waals surface area contributed by atoms with Gasteiger partial charge in [-0.05, 0) is 70.0 Å². The van der Waals surface area contributed by atoms with Crippen LogP contribution in [0.1, 0.15) is 43.7 Å². The summed E-state index contributed by atoms with van der Waals surface area (Å²) in [6.07, 6.45) is 5.28. The third-order valence-corrected chi connectivity index (χ3v) is 5.34. The Balaban J connectivity index is 1.37. The fourth-order valence-electron chi connectivity index (χ4n) is 3.40. The number of benzene rings is 1. The van der Waals surface area contributed by atoms with Gasteiger partial charge in [-0.25, -0.2) is 0 Å². The maximum absolute atomic E-state index is 4.72. The summed E-state index contributed by atoms with van der Waals surface area (Å²) in [4.78, 5) is 7.31. The van der Waals surface area contributed by atoms with Crippen molar-refractivity contribution in [2.24, 2.45) is 16.8 Å². The third kappa shape index (κ3) is 6.35. The molecule has 1 aromatic rings. The van der Waals surface area contributed by atoms with Crippen LogP contribution < -0.4 is 10.6 Å². The van der Waals surface area contributed by atoms with Crippen molar-refractivity contribution in [3.05, 3.63) is 35.4 Å². The highest BCUT2D eigenvalue weighted by molar-refractivity contribution is 5.79. The van der Waals surface area contributed by atoms with Gasteiger partial charge in [0.05, 0.1) is 0 Å². The standard InChI is InChI=1S/C21H34N4/c1-3-22-21(23-14-18-8-9-18)24-15-19-10-12-25(13-11-19)16-20-6-4-17(2)5-7-20/h4-7,18-19H,3,8-16H2,1-2H3,(H2,22,23,24). The molecule has 1 saturated heterocycles. The second kappa shape index (κ2) is 9.23. The average Bonchev–Trinajstić information content (AvgIpc) is 3.45. The maximum atomic E-state index is 4.72. The van der Waals surface area contributed by atoms with Crippen LogP contribution in [0.5, 0.6) is 0 Å². The highest BCUT2D eigenvalue weighted by Crippen LogP contribution is 2.28.